The van der Waals surface area contributed by atoms with Crippen molar-refractivity contribution in [3.05, 3.63) is 61.1 Å². The van der Waals surface area contributed by atoms with E-state index in [1.165, 1.54) is 0 Å². The molecule has 3 aromatic rings. The molecule has 0 aliphatic carbocycles. The van der Waals surface area contributed by atoms with Crippen LogP contribution < -0.4 is 5.43 Å². The fourth-order valence-corrected chi connectivity index (χ4v) is 3.34. The quantitative estimate of drug-likeness (QED) is 0.591. The van der Waals surface area contributed by atoms with E-state index in [1.54, 1.807) is 12.1 Å². The Kier molecular flexibility index (Phi) is 3.78. The van der Waals surface area contributed by atoms with Crippen molar-refractivity contribution in [3.8, 4) is 17.1 Å². The highest BCUT2D eigenvalue weighted by Crippen LogP contribution is 2.32. The van der Waals surface area contributed by atoms with Crippen LogP contribution in [0, 0.1) is 11.6 Å². The van der Waals surface area contributed by atoms with E-state index in [4.69, 9.17) is 9.52 Å². The molecule has 0 spiro atoms. The summed E-state index contributed by atoms with van der Waals surface area (Å²) < 4.78 is 33.7. The van der Waals surface area contributed by atoms with E-state index in [9.17, 15) is 13.6 Å². The van der Waals surface area contributed by atoms with E-state index in [2.05, 4.69) is 31.9 Å². The summed E-state index contributed by atoms with van der Waals surface area (Å²) in [6.07, 6.45) is 0. The van der Waals surface area contributed by atoms with Crippen molar-refractivity contribution in [3.63, 3.8) is 0 Å². The second-order valence-electron chi connectivity index (χ2n) is 4.53. The summed E-state index contributed by atoms with van der Waals surface area (Å²) in [6, 6.07) is 6.22. The molecule has 0 saturated heterocycles. The summed E-state index contributed by atoms with van der Waals surface area (Å²) >= 11 is 6.55. The Morgan fingerprint density at radius 2 is 1.64 bits per heavy atom. The van der Waals surface area contributed by atoms with Crippen molar-refractivity contribution in [1.29, 1.82) is 0 Å². The summed E-state index contributed by atoms with van der Waals surface area (Å²) in [6.45, 7) is 0. The standard InChI is InChI=1S/C15H6Br2F2O3/c16-7-3-8-12(20)5-13(22-15(8)9(17)4-7)6-1-10(18)14(21)11(19)2-6/h1-5,21H. The molecule has 3 nitrogen and oxygen atoms in total. The monoisotopic (exact) mass is 430 g/mol. The number of hydrogen-bond donors (Lipinski definition) is 1. The molecule has 0 aliphatic rings. The van der Waals surface area contributed by atoms with E-state index in [0.29, 0.717) is 14.3 Å². The summed E-state index contributed by atoms with van der Waals surface area (Å²) in [5.41, 5.74) is -0.0756. The molecule has 2 aromatic carbocycles. The van der Waals surface area contributed by atoms with Gasteiger partial charge in [-0.1, -0.05) is 15.9 Å². The average Bonchev–Trinajstić information content (AvgIpc) is 2.45. The Balaban J connectivity index is 2.31. The Hall–Kier alpha value is -1.73. The lowest BCUT2D eigenvalue weighted by Gasteiger charge is -2.06. The molecule has 1 N–H and O–H groups in total. The molecule has 0 fully saturated rings. The van der Waals surface area contributed by atoms with Crippen molar-refractivity contribution < 1.29 is 18.3 Å². The molecule has 22 heavy (non-hydrogen) atoms. The highest BCUT2D eigenvalue weighted by molar-refractivity contribution is 9.11. The van der Waals surface area contributed by atoms with Gasteiger partial charge in [-0.3, -0.25) is 4.79 Å². The number of hydrogen-bond acceptors (Lipinski definition) is 3. The van der Waals surface area contributed by atoms with Gasteiger partial charge in [0, 0.05) is 16.1 Å². The third kappa shape index (κ3) is 2.55. The molecule has 3 rings (SSSR count). The molecule has 0 atom stereocenters. The van der Waals surface area contributed by atoms with Crippen LogP contribution >= 0.6 is 31.9 Å². The lowest BCUT2D eigenvalue weighted by atomic mass is 10.1. The molecular weight excluding hydrogens is 426 g/mol. The number of rotatable bonds is 1. The van der Waals surface area contributed by atoms with E-state index in [-0.39, 0.29) is 22.3 Å². The highest BCUT2D eigenvalue weighted by atomic mass is 79.9. The normalized spacial score (nSPS) is 11.1. The van der Waals surface area contributed by atoms with Crippen LogP contribution in [0.15, 0.2) is 48.5 Å². The van der Waals surface area contributed by atoms with E-state index < -0.39 is 17.4 Å². The summed E-state index contributed by atoms with van der Waals surface area (Å²) in [7, 11) is 0. The molecule has 1 heterocycles. The van der Waals surface area contributed by atoms with Crippen LogP contribution in [0.2, 0.25) is 0 Å². The van der Waals surface area contributed by atoms with Crippen LogP contribution in [0.3, 0.4) is 0 Å². The summed E-state index contributed by atoms with van der Waals surface area (Å²) in [5, 5.41) is 9.45. The fourth-order valence-electron chi connectivity index (χ4n) is 2.03. The Morgan fingerprint density at radius 3 is 2.27 bits per heavy atom. The first kappa shape index (κ1) is 15.2. The van der Waals surface area contributed by atoms with Gasteiger partial charge in [0.15, 0.2) is 28.4 Å². The van der Waals surface area contributed by atoms with Gasteiger partial charge in [0.1, 0.15) is 5.76 Å². The maximum absolute atomic E-state index is 13.4. The first-order chi connectivity index (χ1) is 10.4. The van der Waals surface area contributed by atoms with Crippen LogP contribution in [0.5, 0.6) is 5.75 Å². The second-order valence-corrected chi connectivity index (χ2v) is 6.30. The van der Waals surface area contributed by atoms with Gasteiger partial charge in [-0.2, -0.15) is 0 Å². The molecule has 0 aliphatic heterocycles. The minimum Gasteiger partial charge on any atom is -0.503 e. The minimum atomic E-state index is -1.13. The molecule has 112 valence electrons. The van der Waals surface area contributed by atoms with E-state index >= 15 is 0 Å². The first-order valence-corrected chi connectivity index (χ1v) is 7.56. The van der Waals surface area contributed by atoms with Gasteiger partial charge < -0.3 is 9.52 Å². The van der Waals surface area contributed by atoms with Gasteiger partial charge in [0.2, 0.25) is 0 Å². The molecule has 7 heteroatoms. The topological polar surface area (TPSA) is 50.4 Å². The maximum atomic E-state index is 13.4. The molecular formula is C15H6Br2F2O3. The predicted octanol–water partition coefficient (Wildman–Crippen LogP) is 4.97. The molecule has 0 bridgehead atoms. The lowest BCUT2D eigenvalue weighted by molar-refractivity contribution is 0.396. The molecule has 0 amide bonds. The van der Waals surface area contributed by atoms with Crippen molar-refractivity contribution in [2.45, 2.75) is 0 Å². The Morgan fingerprint density at radius 1 is 1.00 bits per heavy atom. The SMILES string of the molecule is O=c1cc(-c2cc(F)c(O)c(F)c2)oc2c(Br)cc(Br)cc12. The van der Waals surface area contributed by atoms with Crippen molar-refractivity contribution >= 4 is 42.8 Å². The zero-order valence-electron chi connectivity index (χ0n) is 10.7. The number of halogens is 4. The van der Waals surface area contributed by atoms with Crippen molar-refractivity contribution in [1.82, 2.24) is 0 Å². The van der Waals surface area contributed by atoms with E-state index in [0.717, 1.165) is 18.2 Å². The number of phenolic OH excluding ortho intramolecular Hbond substituents is 1. The number of fused-ring (bicyclic) bond motifs is 1. The largest absolute Gasteiger partial charge is 0.503 e. The van der Waals surface area contributed by atoms with Gasteiger partial charge in [-0.15, -0.1) is 0 Å². The Bertz CT molecular complexity index is 944. The van der Waals surface area contributed by atoms with Crippen molar-refractivity contribution in [2.75, 3.05) is 0 Å². The molecule has 0 unspecified atom stereocenters. The van der Waals surface area contributed by atoms with Gasteiger partial charge in [0.25, 0.3) is 0 Å². The maximum Gasteiger partial charge on any atom is 0.193 e. The molecule has 0 radical (unpaired) electrons. The van der Waals surface area contributed by atoms with Crippen molar-refractivity contribution in [2.24, 2.45) is 0 Å². The van der Waals surface area contributed by atoms with Gasteiger partial charge in [-0.05, 0) is 40.2 Å². The predicted molar refractivity (Wildman–Crippen MR) is 84.9 cm³/mol. The minimum absolute atomic E-state index is 0.00155. The fraction of sp³-hybridized carbons (Fsp3) is 0. The van der Waals surface area contributed by atoms with Crippen LogP contribution in [0.4, 0.5) is 8.78 Å². The third-order valence-corrected chi connectivity index (χ3v) is 4.10. The third-order valence-electron chi connectivity index (χ3n) is 3.05. The summed E-state index contributed by atoms with van der Waals surface area (Å²) in [5.74, 6) is -3.34. The van der Waals surface area contributed by atoms with Gasteiger partial charge >= 0.3 is 0 Å². The van der Waals surface area contributed by atoms with Gasteiger partial charge in [0.05, 0.1) is 9.86 Å². The van der Waals surface area contributed by atoms with Crippen LogP contribution in [0.1, 0.15) is 0 Å². The van der Waals surface area contributed by atoms with E-state index in [1.807, 2.05) is 0 Å². The lowest BCUT2D eigenvalue weighted by Crippen LogP contribution is -2.01. The molecule has 1 aromatic heterocycles. The summed E-state index contributed by atoms with van der Waals surface area (Å²) in [4.78, 5) is 12.2. The number of phenols is 1. The van der Waals surface area contributed by atoms with Gasteiger partial charge in [-0.25, -0.2) is 8.78 Å². The average molecular weight is 432 g/mol. The Labute approximate surface area is 139 Å². The number of benzene rings is 2. The first-order valence-electron chi connectivity index (χ1n) is 5.98. The molecule has 0 saturated carbocycles. The number of aromatic hydroxyl groups is 1. The van der Waals surface area contributed by atoms with Crippen LogP contribution in [0.25, 0.3) is 22.3 Å². The van der Waals surface area contributed by atoms with Crippen LogP contribution in [-0.4, -0.2) is 5.11 Å². The zero-order valence-corrected chi connectivity index (χ0v) is 13.8. The zero-order chi connectivity index (χ0) is 16.0. The second kappa shape index (κ2) is 5.48. The highest BCUT2D eigenvalue weighted by Gasteiger charge is 2.15. The smallest absolute Gasteiger partial charge is 0.193 e. The van der Waals surface area contributed by atoms with Crippen LogP contribution in [-0.2, 0) is 0 Å².